The van der Waals surface area contributed by atoms with Crippen LogP contribution in [0.1, 0.15) is 22.5 Å². The van der Waals surface area contributed by atoms with Crippen molar-refractivity contribution in [3.05, 3.63) is 149 Å². The zero-order valence-electron chi connectivity index (χ0n) is 21.3. The summed E-state index contributed by atoms with van der Waals surface area (Å²) < 4.78 is 0. The van der Waals surface area contributed by atoms with Crippen LogP contribution in [-0.4, -0.2) is 26.9 Å². The van der Waals surface area contributed by atoms with E-state index in [1.807, 2.05) is 97.1 Å². The summed E-state index contributed by atoms with van der Waals surface area (Å²) in [5, 5.41) is 15.3. The van der Waals surface area contributed by atoms with Gasteiger partial charge in [0.2, 0.25) is 11.8 Å². The summed E-state index contributed by atoms with van der Waals surface area (Å²) in [7, 11) is 0. The van der Waals surface area contributed by atoms with Crippen LogP contribution in [-0.2, 0) is 15.2 Å². The lowest BCUT2D eigenvalue weighted by Crippen LogP contribution is -2.38. The summed E-state index contributed by atoms with van der Waals surface area (Å²) in [6, 6.07) is 30.6. The van der Waals surface area contributed by atoms with Gasteiger partial charge in [-0.05, 0) is 46.5 Å². The fraction of sp³-hybridized carbons (Fsp3) is 0.152. The summed E-state index contributed by atoms with van der Waals surface area (Å²) in [5.41, 5.74) is 3.74. The van der Waals surface area contributed by atoms with E-state index in [1.165, 1.54) is 0 Å². The molecule has 2 amide bonds. The number of hydrogen-bond acceptors (Lipinski definition) is 5. The molecule has 5 atom stereocenters. The Kier molecular flexibility index (Phi) is 6.45. The average Bonchev–Trinajstić information content (AvgIpc) is 3.63. The van der Waals surface area contributed by atoms with Gasteiger partial charge in [0, 0.05) is 29.8 Å². The van der Waals surface area contributed by atoms with E-state index in [-0.39, 0.29) is 30.1 Å². The maximum absolute atomic E-state index is 13.3. The van der Waals surface area contributed by atoms with E-state index in [4.69, 9.17) is 4.98 Å². The van der Waals surface area contributed by atoms with Crippen molar-refractivity contribution in [2.45, 2.75) is 5.60 Å². The average molecular weight is 548 g/mol. The third-order valence-electron chi connectivity index (χ3n) is 8.29. The number of carbonyl (C=O) groups is 2. The molecule has 3 heterocycles. The maximum atomic E-state index is 13.3. The van der Waals surface area contributed by atoms with Crippen molar-refractivity contribution >= 4 is 29.8 Å². The molecular formula is C33H26ClN3O3. The van der Waals surface area contributed by atoms with E-state index in [9.17, 15) is 14.7 Å². The van der Waals surface area contributed by atoms with Crippen LogP contribution in [0.2, 0.25) is 0 Å². The zero-order chi connectivity index (χ0) is 26.6. The van der Waals surface area contributed by atoms with Crippen LogP contribution < -0.4 is 5.32 Å². The van der Waals surface area contributed by atoms with Gasteiger partial charge in [0.15, 0.2) is 5.60 Å². The molecule has 4 aromatic rings. The third kappa shape index (κ3) is 3.75. The Bertz CT molecular complexity index is 1560. The van der Waals surface area contributed by atoms with Gasteiger partial charge < -0.3 is 5.11 Å². The van der Waals surface area contributed by atoms with E-state index in [1.54, 1.807) is 18.5 Å². The Morgan fingerprint density at radius 2 is 1.38 bits per heavy atom. The van der Waals surface area contributed by atoms with Crippen molar-refractivity contribution < 1.29 is 14.7 Å². The molecule has 7 rings (SSSR count). The highest BCUT2D eigenvalue weighted by atomic mass is 35.5. The van der Waals surface area contributed by atoms with Crippen LogP contribution in [0.3, 0.4) is 0 Å². The number of amides is 2. The van der Waals surface area contributed by atoms with Crippen LogP contribution in [0.5, 0.6) is 0 Å². The number of hydrogen-bond donors (Lipinski definition) is 2. The van der Waals surface area contributed by atoms with Gasteiger partial charge in [0.1, 0.15) is 0 Å². The summed E-state index contributed by atoms with van der Waals surface area (Å²) >= 11 is 0. The van der Waals surface area contributed by atoms with Gasteiger partial charge in [0.05, 0.1) is 23.2 Å². The standard InChI is InChI=1S/C33H25N3O3.ClH/c37-31-28-22-19-23(33(39,21-13-5-2-6-14-21)25-16-8-10-18-35-25)29(30(28)32(38)36-31)27(22)26(20-11-3-1-4-12-20)24-15-7-9-17-34-24;/h1-19,22,28-30,39H,(H,36,37,38);1H/b27-26+;. The van der Waals surface area contributed by atoms with Crippen LogP contribution >= 0.6 is 12.4 Å². The molecule has 2 aromatic heterocycles. The lowest BCUT2D eigenvalue weighted by molar-refractivity contribution is -0.126. The molecule has 2 N–H and O–H groups in total. The van der Waals surface area contributed by atoms with Gasteiger partial charge in [-0.1, -0.05) is 78.9 Å². The number of imide groups is 1. The Morgan fingerprint density at radius 1 is 0.750 bits per heavy atom. The first-order valence-electron chi connectivity index (χ1n) is 13.1. The van der Waals surface area contributed by atoms with E-state index >= 15 is 0 Å². The number of aromatic nitrogens is 2. The second kappa shape index (κ2) is 9.97. The number of pyridine rings is 2. The van der Waals surface area contributed by atoms with Crippen LogP contribution in [0.4, 0.5) is 0 Å². The molecule has 1 aliphatic heterocycles. The van der Waals surface area contributed by atoms with E-state index in [2.05, 4.69) is 10.3 Å². The number of allylic oxidation sites excluding steroid dienone is 2. The summed E-state index contributed by atoms with van der Waals surface area (Å²) in [4.78, 5) is 35.7. The van der Waals surface area contributed by atoms with E-state index < -0.39 is 23.4 Å². The molecule has 2 aromatic carbocycles. The van der Waals surface area contributed by atoms with Crippen LogP contribution in [0, 0.1) is 23.7 Å². The van der Waals surface area contributed by atoms with Crippen molar-refractivity contribution in [2.24, 2.45) is 23.7 Å². The molecule has 0 spiro atoms. The minimum absolute atomic E-state index is 0. The number of carbonyl (C=O) groups excluding carboxylic acids is 2. The highest BCUT2D eigenvalue weighted by Crippen LogP contribution is 2.63. The molecule has 5 unspecified atom stereocenters. The molecule has 3 aliphatic rings. The first-order chi connectivity index (χ1) is 19.1. The van der Waals surface area contributed by atoms with Gasteiger partial charge in [-0.25, -0.2) is 0 Å². The SMILES string of the molecule is Cl.O=C1NC(=O)C2C3C(C(O)(c4ccccc4)c4ccccn4)=CC(/C3=C(/c3ccccc3)c3ccccn3)C12. The van der Waals surface area contributed by atoms with Crippen molar-refractivity contribution in [1.29, 1.82) is 0 Å². The molecule has 2 fully saturated rings. The lowest BCUT2D eigenvalue weighted by atomic mass is 9.71. The van der Waals surface area contributed by atoms with Crippen LogP contribution in [0.25, 0.3) is 5.57 Å². The first kappa shape index (κ1) is 25.9. The van der Waals surface area contributed by atoms with E-state index in [0.29, 0.717) is 16.8 Å². The Balaban J connectivity index is 0.00000289. The van der Waals surface area contributed by atoms with Crippen LogP contribution in [0.15, 0.2) is 127 Å². The molecule has 2 aliphatic carbocycles. The number of nitrogens with one attached hydrogen (secondary N) is 1. The third-order valence-corrected chi connectivity index (χ3v) is 8.29. The predicted octanol–water partition coefficient (Wildman–Crippen LogP) is 4.71. The minimum Gasteiger partial charge on any atom is -0.375 e. The number of benzene rings is 2. The summed E-state index contributed by atoms with van der Waals surface area (Å²) in [6.45, 7) is 0. The van der Waals surface area contributed by atoms with E-state index in [0.717, 1.165) is 22.4 Å². The molecule has 40 heavy (non-hydrogen) atoms. The maximum Gasteiger partial charge on any atom is 0.231 e. The second-order valence-corrected chi connectivity index (χ2v) is 10.2. The molecule has 6 nitrogen and oxygen atoms in total. The van der Waals surface area contributed by atoms with Gasteiger partial charge in [0.25, 0.3) is 0 Å². The number of nitrogens with zero attached hydrogens (tertiary/aromatic N) is 2. The van der Waals surface area contributed by atoms with Gasteiger partial charge in [-0.15, -0.1) is 12.4 Å². The number of rotatable bonds is 5. The Morgan fingerprint density at radius 3 is 2.02 bits per heavy atom. The second-order valence-electron chi connectivity index (χ2n) is 10.2. The van der Waals surface area contributed by atoms with Gasteiger partial charge >= 0.3 is 0 Å². The molecular weight excluding hydrogens is 522 g/mol. The van der Waals surface area contributed by atoms with Crippen molar-refractivity contribution in [2.75, 3.05) is 0 Å². The van der Waals surface area contributed by atoms with Crippen molar-refractivity contribution in [3.63, 3.8) is 0 Å². The summed E-state index contributed by atoms with van der Waals surface area (Å²) in [6.07, 6.45) is 5.41. The molecule has 0 radical (unpaired) electrons. The highest BCUT2D eigenvalue weighted by molar-refractivity contribution is 6.08. The van der Waals surface area contributed by atoms with Crippen molar-refractivity contribution in [3.8, 4) is 0 Å². The monoisotopic (exact) mass is 547 g/mol. The number of aliphatic hydroxyl groups is 1. The van der Waals surface area contributed by atoms with Gasteiger partial charge in [-0.3, -0.25) is 24.9 Å². The molecule has 7 heteroatoms. The Labute approximate surface area is 237 Å². The number of fused-ring (bicyclic) bond motifs is 5. The predicted molar refractivity (Wildman–Crippen MR) is 153 cm³/mol. The van der Waals surface area contributed by atoms with Gasteiger partial charge in [-0.2, -0.15) is 0 Å². The first-order valence-corrected chi connectivity index (χ1v) is 13.1. The normalized spacial score (nSPS) is 25.4. The number of halogens is 1. The summed E-state index contributed by atoms with van der Waals surface area (Å²) in [5.74, 6) is -2.62. The highest BCUT2D eigenvalue weighted by Gasteiger charge is 2.64. The molecule has 198 valence electrons. The fourth-order valence-corrected chi connectivity index (χ4v) is 6.77. The largest absolute Gasteiger partial charge is 0.375 e. The quantitative estimate of drug-likeness (QED) is 0.279. The molecule has 1 saturated carbocycles. The van der Waals surface area contributed by atoms with Crippen molar-refractivity contribution in [1.82, 2.24) is 15.3 Å². The zero-order valence-corrected chi connectivity index (χ0v) is 22.2. The fourth-order valence-electron chi connectivity index (χ4n) is 6.77. The topological polar surface area (TPSA) is 92.2 Å². The minimum atomic E-state index is -1.60. The molecule has 2 bridgehead atoms. The Hall–Kier alpha value is -4.39. The smallest absolute Gasteiger partial charge is 0.231 e. The lowest BCUT2D eigenvalue weighted by Gasteiger charge is -2.36. The molecule has 1 saturated heterocycles.